The molecule has 0 unspecified atom stereocenters. The van der Waals surface area contributed by atoms with Crippen molar-refractivity contribution in [2.75, 3.05) is 23.9 Å². The minimum Gasteiger partial charge on any atom is -0.359 e. The fraction of sp³-hybridized carbons (Fsp3) is 0.556. The van der Waals surface area contributed by atoms with Gasteiger partial charge in [-0.2, -0.15) is 18.2 Å². The average Bonchev–Trinajstić information content (AvgIpc) is 2.23. The second-order valence-corrected chi connectivity index (χ2v) is 3.62. The zero-order valence-corrected chi connectivity index (χ0v) is 9.54. The normalized spacial score (nSPS) is 11.4. The second kappa shape index (κ2) is 5.17. The molecule has 8 heteroatoms. The van der Waals surface area contributed by atoms with Gasteiger partial charge < -0.3 is 4.90 Å². The maximum absolute atomic E-state index is 12.1. The lowest BCUT2D eigenvalue weighted by atomic mass is 10.3. The predicted molar refractivity (Wildman–Crippen MR) is 58.5 cm³/mol. The van der Waals surface area contributed by atoms with E-state index in [0.717, 1.165) is 0 Å². The molecule has 0 fully saturated rings. The van der Waals surface area contributed by atoms with Gasteiger partial charge in [-0.1, -0.05) is 0 Å². The molecule has 17 heavy (non-hydrogen) atoms. The van der Waals surface area contributed by atoms with Crippen molar-refractivity contribution in [3.8, 4) is 0 Å². The lowest BCUT2D eigenvalue weighted by Crippen LogP contribution is -2.25. The zero-order chi connectivity index (χ0) is 13.1. The third-order valence-electron chi connectivity index (χ3n) is 2.09. The zero-order valence-electron chi connectivity index (χ0n) is 9.54. The highest BCUT2D eigenvalue weighted by Gasteiger charge is 2.27. The van der Waals surface area contributed by atoms with E-state index in [1.807, 2.05) is 0 Å². The van der Waals surface area contributed by atoms with E-state index >= 15 is 0 Å². The molecule has 0 saturated carbocycles. The number of nitrogens with two attached hydrogens (primary N) is 1. The Morgan fingerprint density at radius 2 is 2.06 bits per heavy atom. The molecular formula is C9H14F3N5. The Morgan fingerprint density at radius 3 is 2.59 bits per heavy atom. The first-order valence-corrected chi connectivity index (χ1v) is 4.92. The quantitative estimate of drug-likeness (QED) is 0.624. The van der Waals surface area contributed by atoms with E-state index in [-0.39, 0.29) is 12.5 Å². The van der Waals surface area contributed by atoms with Crippen molar-refractivity contribution in [1.82, 2.24) is 9.97 Å². The highest BCUT2D eigenvalue weighted by molar-refractivity contribution is 5.43. The first-order chi connectivity index (χ1) is 7.81. The standard InChI is InChI=1S/C9H14F3N5/c1-6-5-7(15-8(14-6)16-13)17(2)4-3-9(10,11)12/h5H,3-4,13H2,1-2H3,(H,14,15,16). The van der Waals surface area contributed by atoms with Gasteiger partial charge in [-0.05, 0) is 6.92 Å². The lowest BCUT2D eigenvalue weighted by molar-refractivity contribution is -0.132. The number of hydrazine groups is 1. The molecule has 1 rings (SSSR count). The fourth-order valence-electron chi connectivity index (χ4n) is 1.22. The summed E-state index contributed by atoms with van der Waals surface area (Å²) in [5, 5.41) is 0. The van der Waals surface area contributed by atoms with Crippen molar-refractivity contribution in [2.45, 2.75) is 19.5 Å². The topological polar surface area (TPSA) is 67.1 Å². The SMILES string of the molecule is Cc1cc(N(C)CCC(F)(F)F)nc(NN)n1. The van der Waals surface area contributed by atoms with Crippen molar-refractivity contribution in [3.05, 3.63) is 11.8 Å². The Kier molecular flexibility index (Phi) is 4.11. The number of aryl methyl sites for hydroxylation is 1. The van der Waals surface area contributed by atoms with Crippen LogP contribution in [0.3, 0.4) is 0 Å². The molecule has 0 aliphatic heterocycles. The molecule has 96 valence electrons. The molecular weight excluding hydrogens is 235 g/mol. The summed E-state index contributed by atoms with van der Waals surface area (Å²) in [4.78, 5) is 9.32. The Hall–Kier alpha value is -1.57. The molecule has 1 heterocycles. The largest absolute Gasteiger partial charge is 0.390 e. The molecule has 0 aliphatic rings. The van der Waals surface area contributed by atoms with Crippen LogP contribution in [-0.4, -0.2) is 29.7 Å². The average molecular weight is 249 g/mol. The van der Waals surface area contributed by atoms with Gasteiger partial charge in [-0.25, -0.2) is 10.8 Å². The molecule has 0 saturated heterocycles. The predicted octanol–water partition coefficient (Wildman–Crippen LogP) is 1.46. The number of aromatic nitrogens is 2. The van der Waals surface area contributed by atoms with Gasteiger partial charge in [0.2, 0.25) is 5.95 Å². The molecule has 0 atom stereocenters. The summed E-state index contributed by atoms with van der Waals surface area (Å²) in [7, 11) is 1.54. The Bertz CT molecular complexity index is 379. The number of alkyl halides is 3. The van der Waals surface area contributed by atoms with E-state index in [0.29, 0.717) is 11.5 Å². The van der Waals surface area contributed by atoms with E-state index in [2.05, 4.69) is 15.4 Å². The van der Waals surface area contributed by atoms with Gasteiger partial charge >= 0.3 is 6.18 Å². The van der Waals surface area contributed by atoms with E-state index in [9.17, 15) is 13.2 Å². The number of nitrogens with zero attached hydrogens (tertiary/aromatic N) is 3. The number of anilines is 2. The number of halogens is 3. The van der Waals surface area contributed by atoms with Gasteiger partial charge in [0.1, 0.15) is 5.82 Å². The van der Waals surface area contributed by atoms with Crippen LogP contribution in [0.4, 0.5) is 24.9 Å². The first-order valence-electron chi connectivity index (χ1n) is 4.92. The van der Waals surface area contributed by atoms with Crippen LogP contribution in [0.2, 0.25) is 0 Å². The third kappa shape index (κ3) is 4.43. The number of hydrogen-bond acceptors (Lipinski definition) is 5. The fourth-order valence-corrected chi connectivity index (χ4v) is 1.22. The van der Waals surface area contributed by atoms with Crippen LogP contribution >= 0.6 is 0 Å². The highest BCUT2D eigenvalue weighted by atomic mass is 19.4. The van der Waals surface area contributed by atoms with Crippen LogP contribution < -0.4 is 16.2 Å². The van der Waals surface area contributed by atoms with Crippen LogP contribution in [0, 0.1) is 6.92 Å². The molecule has 5 nitrogen and oxygen atoms in total. The summed E-state index contributed by atoms with van der Waals surface area (Å²) < 4.78 is 36.2. The minimum absolute atomic E-state index is 0.163. The maximum atomic E-state index is 12.1. The summed E-state index contributed by atoms with van der Waals surface area (Å²) in [5.74, 6) is 5.73. The van der Waals surface area contributed by atoms with Crippen LogP contribution in [0.15, 0.2) is 6.07 Å². The van der Waals surface area contributed by atoms with Crippen molar-refractivity contribution in [1.29, 1.82) is 0 Å². The molecule has 0 amide bonds. The molecule has 3 N–H and O–H groups in total. The molecule has 1 aromatic rings. The van der Waals surface area contributed by atoms with Crippen LogP contribution in [0.1, 0.15) is 12.1 Å². The van der Waals surface area contributed by atoms with E-state index < -0.39 is 12.6 Å². The van der Waals surface area contributed by atoms with Crippen LogP contribution in [0.5, 0.6) is 0 Å². The van der Waals surface area contributed by atoms with Crippen molar-refractivity contribution < 1.29 is 13.2 Å². The van der Waals surface area contributed by atoms with Crippen LogP contribution in [0.25, 0.3) is 0 Å². The lowest BCUT2D eigenvalue weighted by Gasteiger charge is -2.19. The molecule has 0 aliphatic carbocycles. The Morgan fingerprint density at radius 1 is 1.41 bits per heavy atom. The number of nitrogens with one attached hydrogen (secondary N) is 1. The highest BCUT2D eigenvalue weighted by Crippen LogP contribution is 2.21. The number of hydrogen-bond donors (Lipinski definition) is 2. The Labute approximate surface area is 96.8 Å². The van der Waals surface area contributed by atoms with Gasteiger partial charge in [0, 0.05) is 25.4 Å². The van der Waals surface area contributed by atoms with Crippen molar-refractivity contribution >= 4 is 11.8 Å². The number of rotatable bonds is 4. The van der Waals surface area contributed by atoms with E-state index in [4.69, 9.17) is 5.84 Å². The van der Waals surface area contributed by atoms with Crippen molar-refractivity contribution in [3.63, 3.8) is 0 Å². The third-order valence-corrected chi connectivity index (χ3v) is 2.09. The molecule has 0 aromatic carbocycles. The first kappa shape index (κ1) is 13.5. The monoisotopic (exact) mass is 249 g/mol. The summed E-state index contributed by atoms with van der Waals surface area (Å²) >= 11 is 0. The smallest absolute Gasteiger partial charge is 0.359 e. The minimum atomic E-state index is -4.18. The van der Waals surface area contributed by atoms with E-state index in [1.165, 1.54) is 11.9 Å². The van der Waals surface area contributed by atoms with Gasteiger partial charge in [-0.15, -0.1) is 0 Å². The molecule has 0 bridgehead atoms. The maximum Gasteiger partial charge on any atom is 0.390 e. The van der Waals surface area contributed by atoms with Gasteiger partial charge in [0.15, 0.2) is 0 Å². The van der Waals surface area contributed by atoms with Crippen molar-refractivity contribution in [2.24, 2.45) is 5.84 Å². The molecule has 1 aromatic heterocycles. The summed E-state index contributed by atoms with van der Waals surface area (Å²) in [6.45, 7) is 1.55. The summed E-state index contributed by atoms with van der Waals surface area (Å²) in [6.07, 6.45) is -5.07. The van der Waals surface area contributed by atoms with Gasteiger partial charge in [0.25, 0.3) is 0 Å². The Balaban J connectivity index is 2.74. The number of nitrogen functional groups attached to an aromatic ring is 1. The summed E-state index contributed by atoms with van der Waals surface area (Å²) in [5.41, 5.74) is 2.89. The summed E-state index contributed by atoms with van der Waals surface area (Å²) in [6, 6.07) is 1.59. The van der Waals surface area contributed by atoms with Gasteiger partial charge in [0.05, 0.1) is 6.42 Å². The molecule has 0 radical (unpaired) electrons. The van der Waals surface area contributed by atoms with Gasteiger partial charge in [-0.3, -0.25) is 5.43 Å². The second-order valence-electron chi connectivity index (χ2n) is 3.62. The van der Waals surface area contributed by atoms with E-state index in [1.54, 1.807) is 13.0 Å². The molecule has 0 spiro atoms. The van der Waals surface area contributed by atoms with Crippen LogP contribution in [-0.2, 0) is 0 Å².